The van der Waals surface area contributed by atoms with Crippen LogP contribution in [0.3, 0.4) is 0 Å². The molecule has 2 N–H and O–H groups in total. The normalized spacial score (nSPS) is 30.9. The molecule has 4 aromatic rings. The van der Waals surface area contributed by atoms with E-state index in [9.17, 15) is 10.4 Å². The first-order chi connectivity index (χ1) is 24.8. The van der Waals surface area contributed by atoms with Crippen molar-refractivity contribution in [2.45, 2.75) is 89.8 Å². The number of nitrogens with zero attached hydrogens (tertiary/aromatic N) is 7. The first-order valence-electron chi connectivity index (χ1n) is 18.2. The summed E-state index contributed by atoms with van der Waals surface area (Å²) < 4.78 is 35.5. The zero-order chi connectivity index (χ0) is 36.6. The molecular formula is C38H46ClFN8O4. The zero-order valence-corrected chi connectivity index (χ0v) is 31.2. The number of pyridine rings is 1. The van der Waals surface area contributed by atoms with E-state index in [-0.39, 0.29) is 58.0 Å². The first kappa shape index (κ1) is 35.2. The maximum absolute atomic E-state index is 17.3. The molecule has 3 atom stereocenters. The van der Waals surface area contributed by atoms with Gasteiger partial charge in [-0.25, -0.2) is 9.37 Å². The van der Waals surface area contributed by atoms with Gasteiger partial charge in [0, 0.05) is 39.5 Å². The zero-order valence-electron chi connectivity index (χ0n) is 30.5. The van der Waals surface area contributed by atoms with Crippen LogP contribution < -0.4 is 14.4 Å². The molecule has 14 heteroatoms. The molecule has 0 radical (unpaired) electrons. The summed E-state index contributed by atoms with van der Waals surface area (Å²) in [6.07, 6.45) is 8.55. The summed E-state index contributed by atoms with van der Waals surface area (Å²) in [6.45, 7) is 10.4. The molecule has 0 amide bonds. The summed E-state index contributed by atoms with van der Waals surface area (Å²) >= 11 is 6.64. The minimum atomic E-state index is -1.20. The van der Waals surface area contributed by atoms with Crippen molar-refractivity contribution in [2.24, 2.45) is 10.8 Å². The van der Waals surface area contributed by atoms with Gasteiger partial charge in [0.2, 0.25) is 5.88 Å². The van der Waals surface area contributed by atoms with E-state index < -0.39 is 11.4 Å². The number of β-amino-alcohol motifs (C(OH)–C–C–N with tert-alkyl or cyclic N) is 1. The lowest BCUT2D eigenvalue weighted by molar-refractivity contribution is -0.117. The minimum Gasteiger partial charge on any atom is -0.480 e. The molecule has 2 aliphatic carbocycles. The second-order valence-electron chi connectivity index (χ2n) is 16.2. The Labute approximate surface area is 307 Å². The average molecular weight is 733 g/mol. The van der Waals surface area contributed by atoms with Crippen LogP contribution in [0.15, 0.2) is 12.3 Å². The fourth-order valence-corrected chi connectivity index (χ4v) is 9.93. The second kappa shape index (κ2) is 12.6. The molecule has 12 nitrogen and oxygen atoms in total. The van der Waals surface area contributed by atoms with Crippen molar-refractivity contribution in [2.75, 3.05) is 51.5 Å². The number of aromatic amines is 1. The maximum atomic E-state index is 17.3. The predicted molar refractivity (Wildman–Crippen MR) is 195 cm³/mol. The van der Waals surface area contributed by atoms with E-state index in [0.29, 0.717) is 58.7 Å². The summed E-state index contributed by atoms with van der Waals surface area (Å²) in [6, 6.07) is 4.70. The van der Waals surface area contributed by atoms with Crippen LogP contribution in [0.5, 0.6) is 11.9 Å². The van der Waals surface area contributed by atoms with E-state index >= 15 is 4.39 Å². The van der Waals surface area contributed by atoms with E-state index in [0.717, 1.165) is 51.5 Å². The van der Waals surface area contributed by atoms with Crippen LogP contribution in [0.2, 0.25) is 5.02 Å². The lowest BCUT2D eigenvalue weighted by Gasteiger charge is -2.60. The molecule has 4 fully saturated rings. The van der Waals surface area contributed by atoms with Gasteiger partial charge in [-0.1, -0.05) is 18.0 Å². The highest BCUT2D eigenvalue weighted by atomic mass is 35.5. The number of H-pyrrole nitrogens is 1. The number of nitriles is 1. The van der Waals surface area contributed by atoms with Gasteiger partial charge in [-0.3, -0.25) is 10.00 Å². The van der Waals surface area contributed by atoms with Crippen LogP contribution in [-0.2, 0) is 4.74 Å². The van der Waals surface area contributed by atoms with E-state index in [1.807, 2.05) is 11.8 Å². The average Bonchev–Trinajstić information content (AvgIpc) is 3.66. The monoisotopic (exact) mass is 732 g/mol. The van der Waals surface area contributed by atoms with Crippen LogP contribution in [0.25, 0.3) is 33.1 Å². The minimum absolute atomic E-state index is 0.00936. The van der Waals surface area contributed by atoms with Crippen molar-refractivity contribution < 1.29 is 23.7 Å². The number of likely N-dealkylation sites (tertiary alicyclic amines) is 1. The number of ether oxygens (including phenoxy) is 3. The Hall–Kier alpha value is -3.83. The summed E-state index contributed by atoms with van der Waals surface area (Å²) in [5.74, 6) is -0.198. The number of halogens is 2. The van der Waals surface area contributed by atoms with Crippen molar-refractivity contribution >= 4 is 39.2 Å². The highest BCUT2D eigenvalue weighted by molar-refractivity contribution is 6.33. The van der Waals surface area contributed by atoms with E-state index in [1.165, 1.54) is 7.11 Å². The molecule has 3 aromatic heterocycles. The predicted octanol–water partition coefficient (Wildman–Crippen LogP) is 6.36. The molecule has 1 aromatic carbocycles. The number of hydrogen-bond acceptors (Lipinski definition) is 11. The molecule has 0 bridgehead atoms. The van der Waals surface area contributed by atoms with Gasteiger partial charge in [-0.05, 0) is 84.4 Å². The summed E-state index contributed by atoms with van der Waals surface area (Å²) in [4.78, 5) is 19.0. The number of methoxy groups -OCH3 is 1. The molecule has 2 aliphatic heterocycles. The molecule has 52 heavy (non-hydrogen) atoms. The molecule has 276 valence electrons. The third-order valence-corrected chi connectivity index (χ3v) is 12.9. The topological polar surface area (TPSA) is 146 Å². The van der Waals surface area contributed by atoms with Gasteiger partial charge < -0.3 is 24.2 Å². The molecule has 1 unspecified atom stereocenters. The number of piperidine rings is 1. The Morgan fingerprint density at radius 2 is 1.94 bits per heavy atom. The van der Waals surface area contributed by atoms with Gasteiger partial charge in [0.15, 0.2) is 5.82 Å². The summed E-state index contributed by atoms with van der Waals surface area (Å²) in [5, 5.41) is 29.4. The number of benzene rings is 1. The van der Waals surface area contributed by atoms with Gasteiger partial charge in [0.1, 0.15) is 28.0 Å². The first-order valence-corrected chi connectivity index (χ1v) is 18.6. The Morgan fingerprint density at radius 3 is 2.71 bits per heavy atom. The highest BCUT2D eigenvalue weighted by Crippen LogP contribution is 2.58. The van der Waals surface area contributed by atoms with Gasteiger partial charge in [0.05, 0.1) is 56.7 Å². The number of aromatic nitrogens is 5. The molecule has 4 aliphatic rings. The number of rotatable bonds is 7. The third kappa shape index (κ3) is 5.56. The van der Waals surface area contributed by atoms with E-state index in [4.69, 9.17) is 40.8 Å². The number of nitrogens with one attached hydrogen (secondary N) is 1. The van der Waals surface area contributed by atoms with Crippen LogP contribution in [0, 0.1) is 34.9 Å². The molecular weight excluding hydrogens is 687 g/mol. The van der Waals surface area contributed by atoms with Crippen molar-refractivity contribution in [1.82, 2.24) is 30.0 Å². The van der Waals surface area contributed by atoms with Gasteiger partial charge in [-0.2, -0.15) is 20.3 Å². The van der Waals surface area contributed by atoms with Gasteiger partial charge in [-0.15, -0.1) is 0 Å². The third-order valence-electron chi connectivity index (χ3n) is 12.5. The Balaban J connectivity index is 1.24. The lowest BCUT2D eigenvalue weighted by Crippen LogP contribution is -2.66. The summed E-state index contributed by atoms with van der Waals surface area (Å²) in [7, 11) is 1.48. The van der Waals surface area contributed by atoms with Crippen LogP contribution in [-0.4, -0.2) is 98.9 Å². The summed E-state index contributed by atoms with van der Waals surface area (Å²) in [5.41, 5.74) is 0.0401. The SMILES string of the molecule is COc1nc(-c2c(C)c(Cl)cc3[nH]ncc23)c(F)c2nc(OC[C@@]34CCCN(C5CC(C)(C#N)C5)C3(C)CCC4)nc(N3CCOC[C@@](C)(O)C3)c12. The van der Waals surface area contributed by atoms with Crippen molar-refractivity contribution in [3.05, 3.63) is 28.7 Å². The van der Waals surface area contributed by atoms with Gasteiger partial charge in [0.25, 0.3) is 0 Å². The number of aliphatic hydroxyl groups is 1. The smallest absolute Gasteiger partial charge is 0.319 e. The fraction of sp³-hybridized carbons (Fsp3) is 0.605. The largest absolute Gasteiger partial charge is 0.480 e. The van der Waals surface area contributed by atoms with Gasteiger partial charge >= 0.3 is 6.01 Å². The van der Waals surface area contributed by atoms with E-state index in [2.05, 4.69) is 35.0 Å². The number of fused-ring (bicyclic) bond motifs is 3. The Morgan fingerprint density at radius 1 is 1.15 bits per heavy atom. The van der Waals surface area contributed by atoms with Crippen LogP contribution in [0.4, 0.5) is 10.2 Å². The van der Waals surface area contributed by atoms with E-state index in [1.54, 1.807) is 19.2 Å². The quantitative estimate of drug-likeness (QED) is 0.219. The molecule has 2 saturated carbocycles. The molecule has 0 spiro atoms. The second-order valence-corrected chi connectivity index (χ2v) is 16.6. The van der Waals surface area contributed by atoms with Crippen molar-refractivity contribution in [3.8, 4) is 29.2 Å². The van der Waals surface area contributed by atoms with Crippen molar-refractivity contribution in [1.29, 1.82) is 5.26 Å². The highest BCUT2D eigenvalue weighted by Gasteiger charge is 2.60. The lowest BCUT2D eigenvalue weighted by atomic mass is 9.61. The Kier molecular flexibility index (Phi) is 8.56. The maximum Gasteiger partial charge on any atom is 0.319 e. The molecule has 8 rings (SSSR count). The van der Waals surface area contributed by atoms with Crippen LogP contribution in [0.1, 0.15) is 71.3 Å². The van der Waals surface area contributed by atoms with Crippen LogP contribution >= 0.6 is 11.6 Å². The number of anilines is 1. The molecule has 5 heterocycles. The Bertz CT molecular complexity index is 2100. The molecule has 2 saturated heterocycles. The standard InChI is InChI=1S/C38H46ClFN8O4/c1-22-25(39)14-26-24(17-42-46-26)27(22)30-29(40)31-28(33(43-30)50-5)32(47-12-13-51-20-36(3,49)19-47)45-34(44-31)52-21-38-9-6-8-37(38,4)48(11-7-10-38)23-15-35(2,16-23)18-41/h14,17,23,49H,6-13,15-16,19-21H2,1-5H3,(H,42,46)/t23?,35?,36-,37?,38+/m0/s1. The number of hydrogen-bond donors (Lipinski definition) is 2. The fourth-order valence-electron chi connectivity index (χ4n) is 9.72. The van der Waals surface area contributed by atoms with Crippen molar-refractivity contribution in [3.63, 3.8) is 0 Å².